The number of esters is 2. The number of rotatable bonds is 2. The highest BCUT2D eigenvalue weighted by Crippen LogP contribution is 2.60. The van der Waals surface area contributed by atoms with E-state index < -0.39 is 15.9 Å². The maximum Gasteiger partial charge on any atom is 0.312 e. The van der Waals surface area contributed by atoms with E-state index in [2.05, 4.69) is 6.58 Å². The summed E-state index contributed by atoms with van der Waals surface area (Å²) in [5.74, 6) is 0.313. The van der Waals surface area contributed by atoms with Crippen molar-refractivity contribution in [2.75, 3.05) is 25.7 Å². The molecule has 2 aliphatic rings. The summed E-state index contributed by atoms with van der Waals surface area (Å²) in [5, 5.41) is 0. The summed E-state index contributed by atoms with van der Waals surface area (Å²) in [6.07, 6.45) is 1.62. The second-order valence-corrected chi connectivity index (χ2v) is 7.60. The van der Waals surface area contributed by atoms with Gasteiger partial charge in [-0.25, -0.2) is 0 Å². The van der Waals surface area contributed by atoms with E-state index in [0.29, 0.717) is 6.42 Å². The van der Waals surface area contributed by atoms with Crippen molar-refractivity contribution >= 4 is 35.5 Å². The Morgan fingerprint density at radius 2 is 1.79 bits per heavy atom. The molecule has 1 aliphatic carbocycles. The summed E-state index contributed by atoms with van der Waals surface area (Å²) in [4.78, 5) is 24.1. The lowest BCUT2D eigenvalue weighted by Crippen LogP contribution is -2.41. The molecule has 0 aromatic carbocycles. The number of carbonyl (C=O) groups excluding carboxylic acids is 2. The van der Waals surface area contributed by atoms with E-state index >= 15 is 0 Å². The van der Waals surface area contributed by atoms with Crippen LogP contribution >= 0.6 is 23.5 Å². The molecule has 0 amide bonds. The molecule has 1 aliphatic heterocycles. The predicted octanol–water partition coefficient (Wildman–Crippen LogP) is 2.09. The van der Waals surface area contributed by atoms with Crippen LogP contribution in [0.3, 0.4) is 0 Å². The lowest BCUT2D eigenvalue weighted by atomic mass is 9.96. The fraction of sp³-hybridized carbons (Fsp3) is 0.692. The van der Waals surface area contributed by atoms with Gasteiger partial charge in [0, 0.05) is 0 Å². The van der Waals surface area contributed by atoms with Crippen LogP contribution in [0, 0.1) is 11.8 Å². The molecule has 0 N–H and O–H groups in total. The van der Waals surface area contributed by atoms with Crippen molar-refractivity contribution in [3.63, 3.8) is 0 Å². The second-order valence-electron chi connectivity index (χ2n) is 4.66. The first-order valence-electron chi connectivity index (χ1n) is 6.18. The Hall–Kier alpha value is -0.620. The molecule has 106 valence electrons. The van der Waals surface area contributed by atoms with Gasteiger partial charge in [-0.15, -0.1) is 23.5 Å². The highest BCUT2D eigenvalue weighted by molar-refractivity contribution is 8.19. The smallest absolute Gasteiger partial charge is 0.312 e. The predicted molar refractivity (Wildman–Crippen MR) is 77.0 cm³/mol. The summed E-state index contributed by atoms with van der Waals surface area (Å²) < 4.78 is 9.34. The largest absolute Gasteiger partial charge is 0.469 e. The molecule has 2 atom stereocenters. The molecule has 2 rings (SSSR count). The van der Waals surface area contributed by atoms with Gasteiger partial charge in [0.05, 0.1) is 30.1 Å². The van der Waals surface area contributed by atoms with Crippen LogP contribution in [-0.4, -0.2) is 41.7 Å². The van der Waals surface area contributed by atoms with Crippen LogP contribution in [0.2, 0.25) is 0 Å². The number of methoxy groups -OCH3 is 2. The topological polar surface area (TPSA) is 52.6 Å². The minimum absolute atomic E-state index is 0.337. The Labute approximate surface area is 121 Å². The van der Waals surface area contributed by atoms with E-state index in [1.54, 1.807) is 23.5 Å². The Bertz CT molecular complexity index is 401. The highest BCUT2D eigenvalue weighted by atomic mass is 32.2. The monoisotopic (exact) mass is 302 g/mol. The number of hydrogen-bond acceptors (Lipinski definition) is 6. The Morgan fingerprint density at radius 3 is 2.32 bits per heavy atom. The first-order valence-corrected chi connectivity index (χ1v) is 8.15. The van der Waals surface area contributed by atoms with Crippen LogP contribution < -0.4 is 0 Å². The van der Waals surface area contributed by atoms with Crippen molar-refractivity contribution in [2.24, 2.45) is 11.8 Å². The Kier molecular flexibility index (Phi) is 4.50. The quantitative estimate of drug-likeness (QED) is 0.575. The average Bonchev–Trinajstić information content (AvgIpc) is 2.71. The standard InChI is InChI=1S/C13H18O4S2/c1-8-7-9(11(14)16-2)10(12(15)17-3)13(8)18-5-4-6-19-13/h9-10H,1,4-7H2,2-3H3. The maximum absolute atomic E-state index is 12.2. The van der Waals surface area contributed by atoms with E-state index in [4.69, 9.17) is 9.47 Å². The van der Waals surface area contributed by atoms with Crippen LogP contribution in [0.15, 0.2) is 12.2 Å². The zero-order chi connectivity index (χ0) is 14.0. The molecule has 0 aromatic rings. The van der Waals surface area contributed by atoms with Crippen molar-refractivity contribution < 1.29 is 19.1 Å². The lowest BCUT2D eigenvalue weighted by Gasteiger charge is -2.37. The van der Waals surface area contributed by atoms with Crippen molar-refractivity contribution in [3.8, 4) is 0 Å². The van der Waals surface area contributed by atoms with Gasteiger partial charge in [0.2, 0.25) is 0 Å². The Balaban J connectivity index is 2.37. The average molecular weight is 302 g/mol. The first kappa shape index (κ1) is 14.8. The molecule has 6 heteroatoms. The van der Waals surface area contributed by atoms with Gasteiger partial charge in [-0.05, 0) is 29.9 Å². The number of hydrogen-bond donors (Lipinski definition) is 0. The third-order valence-corrected chi connectivity index (χ3v) is 7.29. The van der Waals surface area contributed by atoms with Gasteiger partial charge in [0.15, 0.2) is 0 Å². The summed E-state index contributed by atoms with van der Waals surface area (Å²) in [6.45, 7) is 4.11. The third kappa shape index (κ3) is 2.40. The van der Waals surface area contributed by atoms with Crippen LogP contribution in [0.4, 0.5) is 0 Å². The molecule has 0 bridgehead atoms. The molecule has 2 fully saturated rings. The minimum atomic E-state index is -0.493. The third-order valence-electron chi connectivity index (χ3n) is 3.65. The first-order chi connectivity index (χ1) is 9.06. The molecule has 1 heterocycles. The zero-order valence-electron chi connectivity index (χ0n) is 11.1. The van der Waals surface area contributed by atoms with Crippen LogP contribution in [0.25, 0.3) is 0 Å². The van der Waals surface area contributed by atoms with Gasteiger partial charge in [-0.1, -0.05) is 6.58 Å². The van der Waals surface area contributed by atoms with Gasteiger partial charge >= 0.3 is 11.9 Å². The van der Waals surface area contributed by atoms with E-state index in [9.17, 15) is 9.59 Å². The fourth-order valence-corrected chi connectivity index (χ4v) is 6.41. The number of carbonyl (C=O) groups is 2. The molecule has 4 nitrogen and oxygen atoms in total. The van der Waals surface area contributed by atoms with Crippen LogP contribution in [-0.2, 0) is 19.1 Å². The summed E-state index contributed by atoms with van der Waals surface area (Å²) >= 11 is 3.44. The SMILES string of the molecule is C=C1CC(C(=O)OC)C(C(=O)OC)C12SCCCS2. The van der Waals surface area contributed by atoms with Gasteiger partial charge < -0.3 is 9.47 Å². The lowest BCUT2D eigenvalue weighted by molar-refractivity contribution is -0.156. The summed E-state index contributed by atoms with van der Waals surface area (Å²) in [5.41, 5.74) is 0.952. The molecule has 19 heavy (non-hydrogen) atoms. The zero-order valence-corrected chi connectivity index (χ0v) is 12.8. The molecule has 1 saturated heterocycles. The van der Waals surface area contributed by atoms with Crippen LogP contribution in [0.5, 0.6) is 0 Å². The van der Waals surface area contributed by atoms with E-state index in [1.807, 2.05) is 0 Å². The molecule has 0 aromatic heterocycles. The van der Waals surface area contributed by atoms with Gasteiger partial charge in [0.25, 0.3) is 0 Å². The molecule has 1 saturated carbocycles. The van der Waals surface area contributed by atoms with Gasteiger partial charge in [-0.2, -0.15) is 0 Å². The highest BCUT2D eigenvalue weighted by Gasteiger charge is 2.59. The van der Waals surface area contributed by atoms with Crippen LogP contribution in [0.1, 0.15) is 12.8 Å². The minimum Gasteiger partial charge on any atom is -0.469 e. The molecule has 1 spiro atoms. The van der Waals surface area contributed by atoms with Crippen molar-refractivity contribution in [1.82, 2.24) is 0 Å². The summed E-state index contributed by atoms with van der Waals surface area (Å²) in [6, 6.07) is 0. The van der Waals surface area contributed by atoms with Crippen molar-refractivity contribution in [2.45, 2.75) is 16.9 Å². The van der Waals surface area contributed by atoms with E-state index in [0.717, 1.165) is 23.5 Å². The molecule has 2 unspecified atom stereocenters. The van der Waals surface area contributed by atoms with E-state index in [-0.39, 0.29) is 11.9 Å². The molecular formula is C13H18O4S2. The normalized spacial score (nSPS) is 29.3. The fourth-order valence-electron chi connectivity index (χ4n) is 2.76. The molecule has 0 radical (unpaired) electrons. The van der Waals surface area contributed by atoms with Crippen molar-refractivity contribution in [1.29, 1.82) is 0 Å². The van der Waals surface area contributed by atoms with E-state index in [1.165, 1.54) is 14.2 Å². The number of ether oxygens (including phenoxy) is 2. The number of thioether (sulfide) groups is 2. The Morgan fingerprint density at radius 1 is 1.21 bits per heavy atom. The molecular weight excluding hydrogens is 284 g/mol. The summed E-state index contributed by atoms with van der Waals surface area (Å²) in [7, 11) is 2.72. The van der Waals surface area contributed by atoms with Gasteiger partial charge in [-0.3, -0.25) is 9.59 Å². The van der Waals surface area contributed by atoms with Crippen molar-refractivity contribution in [3.05, 3.63) is 12.2 Å². The van der Waals surface area contributed by atoms with Gasteiger partial charge in [0.1, 0.15) is 0 Å². The maximum atomic E-state index is 12.2. The second kappa shape index (κ2) is 5.79.